The Morgan fingerprint density at radius 1 is 1.36 bits per heavy atom. The number of aromatic hydroxyl groups is 1. The van der Waals surface area contributed by atoms with Gasteiger partial charge < -0.3 is 48.4 Å². The number of halogens is 1. The van der Waals surface area contributed by atoms with Crippen LogP contribution in [0.4, 0.5) is 0 Å². The number of para-hydroxylation sites is 2. The van der Waals surface area contributed by atoms with Gasteiger partial charge in [-0.1, -0.05) is 12.1 Å². The zero-order chi connectivity index (χ0) is 15.1. The van der Waals surface area contributed by atoms with Crippen molar-refractivity contribution >= 4 is 5.91 Å². The number of hydrogen-bond donors (Lipinski definition) is 2. The summed E-state index contributed by atoms with van der Waals surface area (Å²) in [5.74, 6) is 0.176. The molecule has 1 amide bonds. The molecule has 1 aromatic rings. The first-order valence-electron chi connectivity index (χ1n) is 7.18. The maximum Gasteiger partial charge on any atom is 0.258 e. The number of ether oxygens (including phenoxy) is 2. The molecule has 1 fully saturated rings. The fraction of sp³-hybridized carbons (Fsp3) is 0.533. The van der Waals surface area contributed by atoms with Gasteiger partial charge in [-0.15, -0.1) is 0 Å². The van der Waals surface area contributed by atoms with Crippen LogP contribution in [0.1, 0.15) is 0 Å². The number of morpholine rings is 1. The second-order valence-corrected chi connectivity index (χ2v) is 5.51. The molecule has 0 unspecified atom stereocenters. The average molecular weight is 422 g/mol. The third-order valence-electron chi connectivity index (χ3n) is 3.75. The zero-order valence-electron chi connectivity index (χ0n) is 12.8. The van der Waals surface area contributed by atoms with E-state index in [1.807, 2.05) is 0 Å². The van der Waals surface area contributed by atoms with Gasteiger partial charge in [-0.2, -0.15) is 0 Å². The van der Waals surface area contributed by atoms with Crippen molar-refractivity contribution in [2.75, 3.05) is 53.0 Å². The van der Waals surface area contributed by atoms with Crippen molar-refractivity contribution in [2.45, 2.75) is 0 Å². The highest BCUT2D eigenvalue weighted by atomic mass is 127. The molecule has 0 radical (unpaired) electrons. The van der Waals surface area contributed by atoms with Crippen LogP contribution >= 0.6 is 0 Å². The van der Waals surface area contributed by atoms with Crippen LogP contribution in [-0.2, 0) is 9.53 Å². The average Bonchev–Trinajstić information content (AvgIpc) is 2.47. The number of phenols is 1. The number of carbonyl (C=O) groups excluding carboxylic acids is 1. The van der Waals surface area contributed by atoms with Crippen LogP contribution in [0, 0.1) is 0 Å². The van der Waals surface area contributed by atoms with Crippen LogP contribution in [0.25, 0.3) is 0 Å². The molecule has 2 rings (SSSR count). The monoisotopic (exact) mass is 422 g/mol. The normalized spacial score (nSPS) is 16.4. The fourth-order valence-electron chi connectivity index (χ4n) is 2.25. The summed E-state index contributed by atoms with van der Waals surface area (Å²) in [5.41, 5.74) is 0. The van der Waals surface area contributed by atoms with Gasteiger partial charge in [0.2, 0.25) is 0 Å². The number of hydrogen-bond acceptors (Lipinski definition) is 4. The lowest BCUT2D eigenvalue weighted by Crippen LogP contribution is -3.00. The highest BCUT2D eigenvalue weighted by molar-refractivity contribution is 5.77. The molecule has 1 aromatic carbocycles. The molecule has 6 nitrogen and oxygen atoms in total. The van der Waals surface area contributed by atoms with E-state index in [4.69, 9.17) is 9.47 Å². The van der Waals surface area contributed by atoms with Crippen LogP contribution in [0.15, 0.2) is 24.3 Å². The van der Waals surface area contributed by atoms with Gasteiger partial charge in [-0.25, -0.2) is 0 Å². The first-order valence-corrected chi connectivity index (χ1v) is 7.18. The molecular weight excluding hydrogens is 399 g/mol. The highest BCUT2D eigenvalue weighted by Gasteiger charge is 2.24. The van der Waals surface area contributed by atoms with Crippen molar-refractivity contribution in [3.63, 3.8) is 0 Å². The summed E-state index contributed by atoms with van der Waals surface area (Å²) in [5, 5.41) is 12.4. The molecular formula is C15H23IN2O4. The lowest BCUT2D eigenvalue weighted by Gasteiger charge is -2.37. The molecule has 22 heavy (non-hydrogen) atoms. The standard InChI is InChI=1S/C15H22N2O4.HI/c1-17(8-10-20-11-9-17)7-6-16-15(19)12-21-14-5-3-2-4-13(14)18;/h2-5H,6-12H2,1H3,(H-,16,18,19);1H. The fourth-order valence-corrected chi connectivity index (χ4v) is 2.25. The van der Waals surface area contributed by atoms with Gasteiger partial charge in [0.25, 0.3) is 5.91 Å². The smallest absolute Gasteiger partial charge is 0.258 e. The number of rotatable bonds is 6. The SMILES string of the molecule is C[N+]1(CCNC(=O)COc2ccccc2O)CCOCC1.[I-]. The van der Waals surface area contributed by atoms with Crippen molar-refractivity contribution in [1.29, 1.82) is 0 Å². The Hall–Kier alpha value is -1.06. The van der Waals surface area contributed by atoms with Crippen LogP contribution in [0.3, 0.4) is 0 Å². The number of amides is 1. The first kappa shape index (κ1) is 19.0. The van der Waals surface area contributed by atoms with E-state index < -0.39 is 0 Å². The van der Waals surface area contributed by atoms with Gasteiger partial charge in [-0.3, -0.25) is 4.79 Å². The van der Waals surface area contributed by atoms with Crippen molar-refractivity contribution in [2.24, 2.45) is 0 Å². The van der Waals surface area contributed by atoms with Gasteiger partial charge in [0.05, 0.1) is 33.4 Å². The Kier molecular flexibility index (Phi) is 7.91. The molecule has 0 spiro atoms. The van der Waals surface area contributed by atoms with Crippen LogP contribution in [0.2, 0.25) is 0 Å². The summed E-state index contributed by atoms with van der Waals surface area (Å²) in [6, 6.07) is 6.60. The topological polar surface area (TPSA) is 67.8 Å². The van der Waals surface area contributed by atoms with Gasteiger partial charge >= 0.3 is 0 Å². The molecule has 0 bridgehead atoms. The molecule has 0 atom stereocenters. The molecule has 0 saturated carbocycles. The van der Waals surface area contributed by atoms with E-state index in [1.165, 1.54) is 6.07 Å². The third-order valence-corrected chi connectivity index (χ3v) is 3.75. The van der Waals surface area contributed by atoms with Crippen LogP contribution in [0.5, 0.6) is 11.5 Å². The van der Waals surface area contributed by atoms with Gasteiger partial charge in [0, 0.05) is 0 Å². The summed E-state index contributed by atoms with van der Waals surface area (Å²) in [6.45, 7) is 4.91. The van der Waals surface area contributed by atoms with Crippen LogP contribution < -0.4 is 34.0 Å². The number of nitrogens with one attached hydrogen (secondary N) is 1. The van der Waals surface area contributed by atoms with E-state index in [2.05, 4.69) is 12.4 Å². The molecule has 124 valence electrons. The van der Waals surface area contributed by atoms with Gasteiger partial charge in [-0.05, 0) is 12.1 Å². The largest absolute Gasteiger partial charge is 1.00 e. The minimum Gasteiger partial charge on any atom is -1.00 e. The van der Waals surface area contributed by atoms with Crippen molar-refractivity contribution < 1.29 is 47.8 Å². The van der Waals surface area contributed by atoms with E-state index in [9.17, 15) is 9.90 Å². The summed E-state index contributed by atoms with van der Waals surface area (Å²) < 4.78 is 11.5. The quantitative estimate of drug-likeness (QED) is 0.389. The Morgan fingerprint density at radius 3 is 2.73 bits per heavy atom. The Balaban J connectivity index is 0.00000242. The van der Waals surface area contributed by atoms with E-state index in [0.29, 0.717) is 12.3 Å². The molecule has 1 heterocycles. The van der Waals surface area contributed by atoms with Crippen LogP contribution in [-0.4, -0.2) is 68.5 Å². The number of nitrogens with zero attached hydrogens (tertiary/aromatic N) is 1. The lowest BCUT2D eigenvalue weighted by atomic mass is 10.3. The number of benzene rings is 1. The first-order chi connectivity index (χ1) is 10.1. The summed E-state index contributed by atoms with van der Waals surface area (Å²) >= 11 is 0. The Bertz CT molecular complexity index is 478. The predicted molar refractivity (Wildman–Crippen MR) is 78.2 cm³/mol. The molecule has 1 aliphatic rings. The summed E-state index contributed by atoms with van der Waals surface area (Å²) in [6.07, 6.45) is 0. The number of carbonyl (C=O) groups is 1. The van der Waals surface area contributed by atoms with E-state index in [-0.39, 0.29) is 42.2 Å². The molecule has 1 saturated heterocycles. The predicted octanol–water partition coefficient (Wildman–Crippen LogP) is -2.63. The van der Waals surface area contributed by atoms with Crippen molar-refractivity contribution in [3.8, 4) is 11.5 Å². The minimum absolute atomic E-state index is 0. The minimum atomic E-state index is -0.182. The molecule has 7 heteroatoms. The maximum absolute atomic E-state index is 11.7. The summed E-state index contributed by atoms with van der Waals surface area (Å²) in [7, 11) is 2.17. The van der Waals surface area contributed by atoms with E-state index in [1.54, 1.807) is 18.2 Å². The third kappa shape index (κ3) is 5.98. The molecule has 2 N–H and O–H groups in total. The Labute approximate surface area is 148 Å². The zero-order valence-corrected chi connectivity index (χ0v) is 14.9. The van der Waals surface area contributed by atoms with Gasteiger partial charge in [0.15, 0.2) is 18.1 Å². The Morgan fingerprint density at radius 2 is 2.05 bits per heavy atom. The lowest BCUT2D eigenvalue weighted by molar-refractivity contribution is -0.915. The highest BCUT2D eigenvalue weighted by Crippen LogP contribution is 2.23. The van der Waals surface area contributed by atoms with E-state index >= 15 is 0 Å². The van der Waals surface area contributed by atoms with Crippen molar-refractivity contribution in [1.82, 2.24) is 5.32 Å². The number of phenolic OH excluding ortho intramolecular Hbond substituents is 1. The van der Waals surface area contributed by atoms with E-state index in [0.717, 1.165) is 37.3 Å². The van der Waals surface area contributed by atoms with Gasteiger partial charge in [0.1, 0.15) is 13.1 Å². The molecule has 0 aromatic heterocycles. The number of likely N-dealkylation sites (N-methyl/N-ethyl adjacent to an activating group) is 1. The maximum atomic E-state index is 11.7. The second-order valence-electron chi connectivity index (χ2n) is 5.51. The second kappa shape index (κ2) is 9.16. The van der Waals surface area contributed by atoms with Crippen molar-refractivity contribution in [3.05, 3.63) is 24.3 Å². The summed E-state index contributed by atoms with van der Waals surface area (Å²) in [4.78, 5) is 11.7. The molecule has 0 aliphatic carbocycles. The molecule has 1 aliphatic heterocycles. The number of quaternary nitrogens is 1.